The molecule has 2 aliphatic rings. The number of hydrogen-bond acceptors (Lipinski definition) is 3. The minimum absolute atomic E-state index is 0.321. The third-order valence-corrected chi connectivity index (χ3v) is 5.48. The molecule has 5 heteroatoms. The Morgan fingerprint density at radius 1 is 1.32 bits per heavy atom. The number of aliphatic imine (C=N–C) groups is 1. The Kier molecular flexibility index (Phi) is 3.72. The predicted molar refractivity (Wildman–Crippen MR) is 80.7 cm³/mol. The summed E-state index contributed by atoms with van der Waals surface area (Å²) >= 11 is 7.76. The molecule has 0 saturated heterocycles. The van der Waals surface area contributed by atoms with Crippen LogP contribution in [-0.2, 0) is 0 Å². The van der Waals surface area contributed by atoms with Crippen LogP contribution >= 0.6 is 23.4 Å². The third-order valence-electron chi connectivity index (χ3n) is 3.91. The summed E-state index contributed by atoms with van der Waals surface area (Å²) in [5.41, 5.74) is 1.15. The minimum atomic E-state index is -0.321. The maximum atomic E-state index is 13.0. The lowest BCUT2D eigenvalue weighted by atomic mass is 9.89. The number of halogens is 2. The van der Waals surface area contributed by atoms with Gasteiger partial charge in [-0.15, -0.1) is 0 Å². The predicted octanol–water partition coefficient (Wildman–Crippen LogP) is 4.55. The SMILES string of the molecule is Fc1ccc(NC2=NCC3(CCCC3)CS2)c(Cl)c1. The zero-order chi connectivity index (χ0) is 13.3. The van der Waals surface area contributed by atoms with Gasteiger partial charge in [0.05, 0.1) is 10.7 Å². The molecule has 3 rings (SSSR count). The van der Waals surface area contributed by atoms with Gasteiger partial charge in [-0.2, -0.15) is 0 Å². The fourth-order valence-corrected chi connectivity index (χ4v) is 4.14. The highest BCUT2D eigenvalue weighted by atomic mass is 35.5. The van der Waals surface area contributed by atoms with E-state index in [0.717, 1.165) is 23.2 Å². The van der Waals surface area contributed by atoms with Crippen LogP contribution < -0.4 is 5.32 Å². The second-order valence-corrected chi connectivity index (χ2v) is 6.74. The van der Waals surface area contributed by atoms with Gasteiger partial charge in [0.15, 0.2) is 5.17 Å². The van der Waals surface area contributed by atoms with Crippen LogP contribution in [0.25, 0.3) is 0 Å². The van der Waals surface area contributed by atoms with Crippen LogP contribution in [0.2, 0.25) is 5.02 Å². The second kappa shape index (κ2) is 5.33. The molecule has 0 radical (unpaired) electrons. The van der Waals surface area contributed by atoms with Crippen LogP contribution in [0.15, 0.2) is 23.2 Å². The van der Waals surface area contributed by atoms with Crippen LogP contribution in [0.5, 0.6) is 0 Å². The largest absolute Gasteiger partial charge is 0.334 e. The van der Waals surface area contributed by atoms with Gasteiger partial charge in [-0.1, -0.05) is 36.2 Å². The quantitative estimate of drug-likeness (QED) is 0.822. The maximum Gasteiger partial charge on any atom is 0.161 e. The molecular weight excluding hydrogens is 283 g/mol. The Hall–Kier alpha value is -0.740. The van der Waals surface area contributed by atoms with Crippen LogP contribution in [0.1, 0.15) is 25.7 Å². The average molecular weight is 299 g/mol. The Labute approximate surface area is 121 Å². The van der Waals surface area contributed by atoms with Crippen molar-refractivity contribution in [1.29, 1.82) is 0 Å². The summed E-state index contributed by atoms with van der Waals surface area (Å²) in [5, 5.41) is 4.48. The Morgan fingerprint density at radius 2 is 2.11 bits per heavy atom. The van der Waals surface area contributed by atoms with Crippen molar-refractivity contribution in [3.05, 3.63) is 29.0 Å². The van der Waals surface area contributed by atoms with E-state index in [1.807, 2.05) is 0 Å². The van der Waals surface area contributed by atoms with Gasteiger partial charge < -0.3 is 5.32 Å². The van der Waals surface area contributed by atoms with E-state index in [0.29, 0.717) is 10.4 Å². The van der Waals surface area contributed by atoms with Crippen molar-refractivity contribution < 1.29 is 4.39 Å². The molecule has 1 aliphatic heterocycles. The summed E-state index contributed by atoms with van der Waals surface area (Å²) in [5.74, 6) is 0.802. The molecule has 19 heavy (non-hydrogen) atoms. The van der Waals surface area contributed by atoms with Crippen molar-refractivity contribution in [2.24, 2.45) is 10.4 Å². The van der Waals surface area contributed by atoms with Crippen molar-refractivity contribution in [3.63, 3.8) is 0 Å². The molecule has 1 spiro atoms. The van der Waals surface area contributed by atoms with Crippen molar-refractivity contribution in [3.8, 4) is 0 Å². The van der Waals surface area contributed by atoms with Gasteiger partial charge in [0.25, 0.3) is 0 Å². The van der Waals surface area contributed by atoms with Crippen molar-refractivity contribution in [2.75, 3.05) is 17.6 Å². The fraction of sp³-hybridized carbons (Fsp3) is 0.500. The van der Waals surface area contributed by atoms with E-state index in [2.05, 4.69) is 10.3 Å². The molecule has 1 heterocycles. The first-order valence-corrected chi connectivity index (χ1v) is 7.93. The number of hydrogen-bond donors (Lipinski definition) is 1. The molecule has 102 valence electrons. The normalized spacial score (nSPS) is 21.5. The van der Waals surface area contributed by atoms with E-state index in [-0.39, 0.29) is 5.82 Å². The van der Waals surface area contributed by atoms with Crippen molar-refractivity contribution in [1.82, 2.24) is 0 Å². The first-order chi connectivity index (χ1) is 9.17. The lowest BCUT2D eigenvalue weighted by Gasteiger charge is -2.31. The average Bonchev–Trinajstić information content (AvgIpc) is 2.84. The van der Waals surface area contributed by atoms with Gasteiger partial charge in [-0.3, -0.25) is 4.99 Å². The number of benzene rings is 1. The van der Waals surface area contributed by atoms with E-state index in [1.165, 1.54) is 37.8 Å². The molecule has 1 N–H and O–H groups in total. The summed E-state index contributed by atoms with van der Waals surface area (Å²) in [4.78, 5) is 4.64. The molecule has 0 aromatic heterocycles. The molecule has 1 aromatic rings. The molecule has 1 aliphatic carbocycles. The van der Waals surface area contributed by atoms with Gasteiger partial charge in [0.1, 0.15) is 5.82 Å². The second-order valence-electron chi connectivity index (χ2n) is 5.37. The van der Waals surface area contributed by atoms with Crippen LogP contribution in [0, 0.1) is 11.2 Å². The minimum Gasteiger partial charge on any atom is -0.334 e. The van der Waals surface area contributed by atoms with Gasteiger partial charge >= 0.3 is 0 Å². The molecule has 0 bridgehead atoms. The highest BCUT2D eigenvalue weighted by molar-refractivity contribution is 8.14. The zero-order valence-electron chi connectivity index (χ0n) is 10.6. The number of nitrogens with zero attached hydrogens (tertiary/aromatic N) is 1. The lowest BCUT2D eigenvalue weighted by molar-refractivity contribution is 0.359. The number of rotatable bonds is 1. The topological polar surface area (TPSA) is 24.4 Å². The zero-order valence-corrected chi connectivity index (χ0v) is 12.2. The van der Waals surface area contributed by atoms with Crippen LogP contribution in [0.4, 0.5) is 10.1 Å². The van der Waals surface area contributed by atoms with E-state index >= 15 is 0 Å². The number of thioether (sulfide) groups is 1. The highest BCUT2D eigenvalue weighted by Gasteiger charge is 2.36. The first-order valence-electron chi connectivity index (χ1n) is 6.56. The lowest BCUT2D eigenvalue weighted by Crippen LogP contribution is -2.30. The Bertz CT molecular complexity index is 512. The molecule has 0 amide bonds. The van der Waals surface area contributed by atoms with Gasteiger partial charge in [-0.25, -0.2) is 4.39 Å². The molecule has 0 unspecified atom stereocenters. The number of amidine groups is 1. The summed E-state index contributed by atoms with van der Waals surface area (Å²) in [6.45, 7) is 0.904. The maximum absolute atomic E-state index is 13.0. The fourth-order valence-electron chi connectivity index (χ4n) is 2.76. The van der Waals surface area contributed by atoms with Crippen molar-refractivity contribution >= 4 is 34.2 Å². The highest BCUT2D eigenvalue weighted by Crippen LogP contribution is 2.43. The molecule has 1 saturated carbocycles. The third kappa shape index (κ3) is 2.90. The van der Waals surface area contributed by atoms with E-state index in [1.54, 1.807) is 17.8 Å². The number of anilines is 1. The van der Waals surface area contributed by atoms with Crippen LogP contribution in [0.3, 0.4) is 0 Å². The first kappa shape index (κ1) is 13.3. The number of nitrogens with one attached hydrogen (secondary N) is 1. The Morgan fingerprint density at radius 3 is 2.74 bits per heavy atom. The Balaban J connectivity index is 1.69. The van der Waals surface area contributed by atoms with Crippen molar-refractivity contribution in [2.45, 2.75) is 25.7 Å². The van der Waals surface area contributed by atoms with Gasteiger partial charge in [0, 0.05) is 12.3 Å². The molecule has 1 aromatic carbocycles. The summed E-state index contributed by atoms with van der Waals surface area (Å²) in [6, 6.07) is 4.37. The van der Waals surface area contributed by atoms with Gasteiger partial charge in [-0.05, 0) is 36.5 Å². The van der Waals surface area contributed by atoms with Gasteiger partial charge in [0.2, 0.25) is 0 Å². The van der Waals surface area contributed by atoms with Crippen LogP contribution in [-0.4, -0.2) is 17.5 Å². The standard InChI is InChI=1S/C14H16ClFN2S/c15-11-7-10(16)3-4-12(11)18-13-17-8-14(9-19-13)5-1-2-6-14/h3-4,7H,1-2,5-6,8-9H2,(H,17,18). The molecule has 2 nitrogen and oxygen atoms in total. The molecule has 1 fully saturated rings. The monoisotopic (exact) mass is 298 g/mol. The molecular formula is C14H16ClFN2S. The van der Waals surface area contributed by atoms with E-state index in [4.69, 9.17) is 11.6 Å². The molecule has 0 atom stereocenters. The summed E-state index contributed by atoms with van der Waals surface area (Å²) < 4.78 is 13.0. The summed E-state index contributed by atoms with van der Waals surface area (Å²) in [7, 11) is 0. The van der Waals surface area contributed by atoms with E-state index < -0.39 is 0 Å². The van der Waals surface area contributed by atoms with E-state index in [9.17, 15) is 4.39 Å². The summed E-state index contributed by atoms with van der Waals surface area (Å²) in [6.07, 6.45) is 5.27. The smallest absolute Gasteiger partial charge is 0.161 e.